The van der Waals surface area contributed by atoms with E-state index < -0.39 is 6.10 Å². The Bertz CT molecular complexity index is 515. The summed E-state index contributed by atoms with van der Waals surface area (Å²) in [5.74, 6) is 0.589. The van der Waals surface area contributed by atoms with Crippen molar-refractivity contribution in [3.05, 3.63) is 63.6 Å². The third-order valence-corrected chi connectivity index (χ3v) is 4.61. The van der Waals surface area contributed by atoms with E-state index in [1.165, 1.54) is 0 Å². The molecule has 2 aromatic rings. The lowest BCUT2D eigenvalue weighted by atomic mass is 10.1. The first kappa shape index (κ1) is 13.9. The molecule has 1 nitrogen and oxygen atoms in total. The average molecular weight is 344 g/mol. The zero-order chi connectivity index (χ0) is 13.0. The minimum Gasteiger partial charge on any atom is -0.388 e. The third-order valence-electron chi connectivity index (χ3n) is 2.49. The molecular formula is C14H12BrClOS. The molecule has 4 heteroatoms. The molecule has 0 spiro atoms. The van der Waals surface area contributed by atoms with Gasteiger partial charge in [0.25, 0.3) is 0 Å². The summed E-state index contributed by atoms with van der Waals surface area (Å²) >= 11 is 11.0. The lowest BCUT2D eigenvalue weighted by Gasteiger charge is -2.11. The van der Waals surface area contributed by atoms with Crippen LogP contribution in [0.5, 0.6) is 0 Å². The summed E-state index contributed by atoms with van der Waals surface area (Å²) in [6.45, 7) is 0. The maximum Gasteiger partial charge on any atom is 0.0883 e. The molecular weight excluding hydrogens is 332 g/mol. The van der Waals surface area contributed by atoms with Crippen molar-refractivity contribution >= 4 is 39.3 Å². The summed E-state index contributed by atoms with van der Waals surface area (Å²) in [5, 5.41) is 10.8. The van der Waals surface area contributed by atoms with Crippen LogP contribution in [0, 0.1) is 0 Å². The van der Waals surface area contributed by atoms with Gasteiger partial charge in [-0.2, -0.15) is 0 Å². The summed E-state index contributed by atoms with van der Waals surface area (Å²) in [5.41, 5.74) is 0.915. The second-order valence-electron chi connectivity index (χ2n) is 3.81. The van der Waals surface area contributed by atoms with Gasteiger partial charge in [-0.15, -0.1) is 11.8 Å². The van der Waals surface area contributed by atoms with Crippen LogP contribution in [0.3, 0.4) is 0 Å². The van der Waals surface area contributed by atoms with Gasteiger partial charge in [0.05, 0.1) is 11.1 Å². The second-order valence-corrected chi connectivity index (χ2v) is 6.19. The van der Waals surface area contributed by atoms with Crippen LogP contribution in [0.25, 0.3) is 0 Å². The van der Waals surface area contributed by atoms with E-state index in [1.807, 2.05) is 48.5 Å². The Hall–Kier alpha value is -0.480. The highest BCUT2D eigenvalue weighted by Gasteiger charge is 2.09. The van der Waals surface area contributed by atoms with Crippen LogP contribution in [-0.4, -0.2) is 10.9 Å². The van der Waals surface area contributed by atoms with Gasteiger partial charge in [0.15, 0.2) is 0 Å². The van der Waals surface area contributed by atoms with Crippen LogP contribution in [-0.2, 0) is 0 Å². The van der Waals surface area contributed by atoms with Gasteiger partial charge in [0, 0.05) is 15.1 Å². The predicted molar refractivity (Wildman–Crippen MR) is 81.3 cm³/mol. The molecule has 0 aliphatic carbocycles. The maximum absolute atomic E-state index is 10.1. The first-order valence-corrected chi connectivity index (χ1v) is 7.63. The van der Waals surface area contributed by atoms with Crippen molar-refractivity contribution in [3.8, 4) is 0 Å². The van der Waals surface area contributed by atoms with E-state index >= 15 is 0 Å². The van der Waals surface area contributed by atoms with Crippen molar-refractivity contribution in [1.82, 2.24) is 0 Å². The van der Waals surface area contributed by atoms with E-state index in [9.17, 15) is 5.11 Å². The number of aliphatic hydroxyl groups is 1. The van der Waals surface area contributed by atoms with Gasteiger partial charge in [-0.05, 0) is 29.8 Å². The monoisotopic (exact) mass is 342 g/mol. The molecule has 0 aliphatic heterocycles. The Morgan fingerprint density at radius 1 is 1.11 bits per heavy atom. The molecule has 0 radical (unpaired) electrons. The highest BCUT2D eigenvalue weighted by Crippen LogP contribution is 2.30. The van der Waals surface area contributed by atoms with E-state index in [-0.39, 0.29) is 0 Å². The molecule has 0 bridgehead atoms. The number of rotatable bonds is 4. The van der Waals surface area contributed by atoms with E-state index in [4.69, 9.17) is 11.6 Å². The van der Waals surface area contributed by atoms with E-state index in [1.54, 1.807) is 11.8 Å². The van der Waals surface area contributed by atoms with Crippen LogP contribution < -0.4 is 0 Å². The van der Waals surface area contributed by atoms with Crippen LogP contribution >= 0.6 is 39.3 Å². The zero-order valence-corrected chi connectivity index (χ0v) is 12.7. The van der Waals surface area contributed by atoms with Crippen molar-refractivity contribution in [3.63, 3.8) is 0 Å². The fourth-order valence-corrected chi connectivity index (χ4v) is 2.99. The molecule has 2 rings (SSSR count). The summed E-state index contributed by atoms with van der Waals surface area (Å²) in [6, 6.07) is 15.4. The van der Waals surface area contributed by atoms with Gasteiger partial charge in [-0.1, -0.05) is 51.8 Å². The minimum absolute atomic E-state index is 0.487. The molecule has 18 heavy (non-hydrogen) atoms. The molecule has 1 N–H and O–H groups in total. The van der Waals surface area contributed by atoms with Crippen molar-refractivity contribution < 1.29 is 5.11 Å². The molecule has 0 aliphatic rings. The molecule has 0 heterocycles. The lowest BCUT2D eigenvalue weighted by molar-refractivity contribution is 0.204. The largest absolute Gasteiger partial charge is 0.388 e. The number of hydrogen-bond acceptors (Lipinski definition) is 2. The Morgan fingerprint density at radius 3 is 2.44 bits per heavy atom. The fourth-order valence-electron chi connectivity index (χ4n) is 1.51. The molecule has 0 fully saturated rings. The van der Waals surface area contributed by atoms with E-state index in [2.05, 4.69) is 15.9 Å². The van der Waals surface area contributed by atoms with Crippen molar-refractivity contribution in [2.45, 2.75) is 11.0 Å². The Morgan fingerprint density at radius 2 is 1.78 bits per heavy atom. The topological polar surface area (TPSA) is 20.2 Å². The van der Waals surface area contributed by atoms with Gasteiger partial charge in [-0.3, -0.25) is 0 Å². The first-order chi connectivity index (χ1) is 8.66. The molecule has 0 amide bonds. The predicted octanol–water partition coefficient (Wildman–Crippen LogP) is 4.93. The maximum atomic E-state index is 10.1. The van der Waals surface area contributed by atoms with Crippen molar-refractivity contribution in [1.29, 1.82) is 0 Å². The molecule has 1 unspecified atom stereocenters. The average Bonchev–Trinajstić information content (AvgIpc) is 2.38. The second kappa shape index (κ2) is 6.62. The fraction of sp³-hybridized carbons (Fsp3) is 0.143. The van der Waals surface area contributed by atoms with E-state index in [0.29, 0.717) is 5.75 Å². The number of hydrogen-bond donors (Lipinski definition) is 1. The van der Waals surface area contributed by atoms with Gasteiger partial charge in [0.1, 0.15) is 0 Å². The summed E-state index contributed by atoms with van der Waals surface area (Å²) in [6.07, 6.45) is -0.487. The summed E-state index contributed by atoms with van der Waals surface area (Å²) in [7, 11) is 0. The lowest BCUT2D eigenvalue weighted by Crippen LogP contribution is -2.00. The number of aliphatic hydroxyl groups excluding tert-OH is 1. The normalized spacial score (nSPS) is 12.4. The van der Waals surface area contributed by atoms with Gasteiger partial charge >= 0.3 is 0 Å². The minimum atomic E-state index is -0.487. The van der Waals surface area contributed by atoms with Gasteiger partial charge in [0.2, 0.25) is 0 Å². The SMILES string of the molecule is OC(CSc1ccccc1Cl)c1ccc(Br)cc1. The molecule has 0 saturated heterocycles. The number of halogens is 2. The van der Waals surface area contributed by atoms with Crippen LogP contribution in [0.4, 0.5) is 0 Å². The van der Waals surface area contributed by atoms with E-state index in [0.717, 1.165) is 20.0 Å². The Labute approximate surface area is 124 Å². The standard InChI is InChI=1S/C14H12BrClOS/c15-11-7-5-10(6-8-11)13(17)9-18-14-4-2-1-3-12(14)16/h1-8,13,17H,9H2. The molecule has 94 valence electrons. The first-order valence-electron chi connectivity index (χ1n) is 5.47. The third kappa shape index (κ3) is 3.75. The number of benzene rings is 2. The smallest absolute Gasteiger partial charge is 0.0883 e. The van der Waals surface area contributed by atoms with Crippen LogP contribution in [0.1, 0.15) is 11.7 Å². The molecule has 2 aromatic carbocycles. The van der Waals surface area contributed by atoms with Crippen LogP contribution in [0.2, 0.25) is 5.02 Å². The van der Waals surface area contributed by atoms with Crippen molar-refractivity contribution in [2.24, 2.45) is 0 Å². The number of thioether (sulfide) groups is 1. The van der Waals surface area contributed by atoms with Gasteiger partial charge < -0.3 is 5.11 Å². The quantitative estimate of drug-likeness (QED) is 0.794. The Kier molecular flexibility index (Phi) is 5.13. The van der Waals surface area contributed by atoms with Crippen LogP contribution in [0.15, 0.2) is 57.9 Å². The van der Waals surface area contributed by atoms with Gasteiger partial charge in [-0.25, -0.2) is 0 Å². The highest BCUT2D eigenvalue weighted by atomic mass is 79.9. The molecule has 1 atom stereocenters. The summed E-state index contributed by atoms with van der Waals surface area (Å²) in [4.78, 5) is 0.996. The zero-order valence-electron chi connectivity index (χ0n) is 9.51. The summed E-state index contributed by atoms with van der Waals surface area (Å²) < 4.78 is 1.01. The molecule has 0 saturated carbocycles. The Balaban J connectivity index is 1.98. The molecule has 0 aromatic heterocycles. The van der Waals surface area contributed by atoms with Crippen molar-refractivity contribution in [2.75, 3.05) is 5.75 Å². The highest BCUT2D eigenvalue weighted by molar-refractivity contribution is 9.10.